The predicted octanol–water partition coefficient (Wildman–Crippen LogP) is 4.59. The van der Waals surface area contributed by atoms with Crippen molar-refractivity contribution in [1.29, 1.82) is 0 Å². The molecule has 0 spiro atoms. The standard InChI is InChI=1S/C22H20BrClN2O5S/c1-31-19-8-7-15(23)11-20(19)32(29,30)26-18-13-16(24)12-17(21(18)27)22(28)25-10-9-14-5-3-2-4-6-14/h2-8,11-13,26-27H,9-10H2,1H3,(H,25,28). The van der Waals surface area contributed by atoms with Crippen LogP contribution in [0.1, 0.15) is 15.9 Å². The summed E-state index contributed by atoms with van der Waals surface area (Å²) >= 11 is 9.33. The molecule has 0 fully saturated rings. The molecule has 168 valence electrons. The Labute approximate surface area is 199 Å². The maximum absolute atomic E-state index is 12.9. The maximum atomic E-state index is 12.9. The lowest BCUT2D eigenvalue weighted by Crippen LogP contribution is -2.26. The van der Waals surface area contributed by atoms with Gasteiger partial charge in [-0.2, -0.15) is 0 Å². The van der Waals surface area contributed by atoms with Crippen molar-refractivity contribution in [2.45, 2.75) is 11.3 Å². The number of methoxy groups -OCH3 is 1. The molecule has 0 aliphatic rings. The smallest absolute Gasteiger partial charge is 0.265 e. The predicted molar refractivity (Wildman–Crippen MR) is 127 cm³/mol. The van der Waals surface area contributed by atoms with Crippen LogP contribution in [0.15, 0.2) is 70.0 Å². The van der Waals surface area contributed by atoms with Gasteiger partial charge in [0.25, 0.3) is 15.9 Å². The van der Waals surface area contributed by atoms with E-state index in [0.29, 0.717) is 17.4 Å². The van der Waals surface area contributed by atoms with Gasteiger partial charge in [0.05, 0.1) is 18.4 Å². The average Bonchev–Trinajstić information content (AvgIpc) is 2.76. The molecule has 0 saturated heterocycles. The SMILES string of the molecule is COc1ccc(Br)cc1S(=O)(=O)Nc1cc(Cl)cc(C(=O)NCCc2ccccc2)c1O. The Morgan fingerprint density at radius 3 is 2.53 bits per heavy atom. The van der Waals surface area contributed by atoms with Crippen LogP contribution in [0.25, 0.3) is 0 Å². The van der Waals surface area contributed by atoms with Crippen LogP contribution < -0.4 is 14.8 Å². The van der Waals surface area contributed by atoms with Gasteiger partial charge in [-0.25, -0.2) is 8.42 Å². The topological polar surface area (TPSA) is 105 Å². The molecule has 0 atom stereocenters. The Bertz CT molecular complexity index is 1240. The summed E-state index contributed by atoms with van der Waals surface area (Å²) < 4.78 is 33.8. The van der Waals surface area contributed by atoms with E-state index in [0.717, 1.165) is 5.56 Å². The highest BCUT2D eigenvalue weighted by molar-refractivity contribution is 9.10. The fourth-order valence-electron chi connectivity index (χ4n) is 2.97. The number of phenols is 1. The molecule has 0 radical (unpaired) electrons. The van der Waals surface area contributed by atoms with E-state index in [1.165, 1.54) is 31.4 Å². The van der Waals surface area contributed by atoms with Crippen LogP contribution in [0.3, 0.4) is 0 Å². The molecule has 1 amide bonds. The Hall–Kier alpha value is -2.75. The number of aromatic hydroxyl groups is 1. The molecule has 0 aliphatic carbocycles. The molecule has 3 aromatic carbocycles. The molecule has 0 aromatic heterocycles. The first-order chi connectivity index (χ1) is 15.2. The van der Waals surface area contributed by atoms with Gasteiger partial charge >= 0.3 is 0 Å². The van der Waals surface area contributed by atoms with Gasteiger partial charge in [0, 0.05) is 16.0 Å². The number of rotatable bonds is 8. The second kappa shape index (κ2) is 10.2. The van der Waals surface area contributed by atoms with Crippen LogP contribution in [-0.4, -0.2) is 33.1 Å². The molecule has 0 unspecified atom stereocenters. The highest BCUT2D eigenvalue weighted by Crippen LogP contribution is 2.35. The van der Waals surface area contributed by atoms with Gasteiger partial charge in [-0.3, -0.25) is 9.52 Å². The highest BCUT2D eigenvalue weighted by atomic mass is 79.9. The minimum atomic E-state index is -4.17. The van der Waals surface area contributed by atoms with E-state index in [-0.39, 0.29) is 26.9 Å². The van der Waals surface area contributed by atoms with Gasteiger partial charge in [-0.1, -0.05) is 57.9 Å². The summed E-state index contributed by atoms with van der Waals surface area (Å²) in [5.74, 6) is -1.01. The zero-order valence-electron chi connectivity index (χ0n) is 16.9. The van der Waals surface area contributed by atoms with Crippen molar-refractivity contribution < 1.29 is 23.1 Å². The van der Waals surface area contributed by atoms with Crippen molar-refractivity contribution in [2.24, 2.45) is 0 Å². The minimum Gasteiger partial charge on any atom is -0.505 e. The number of hydrogen-bond acceptors (Lipinski definition) is 5. The third-order valence-corrected chi connectivity index (χ3v) is 6.62. The first-order valence-electron chi connectivity index (χ1n) is 9.42. The monoisotopic (exact) mass is 538 g/mol. The summed E-state index contributed by atoms with van der Waals surface area (Å²) in [6, 6.07) is 16.5. The third kappa shape index (κ3) is 5.73. The average molecular weight is 540 g/mol. The van der Waals surface area contributed by atoms with Crippen molar-refractivity contribution in [3.63, 3.8) is 0 Å². The van der Waals surface area contributed by atoms with Crippen LogP contribution in [0.5, 0.6) is 11.5 Å². The quantitative estimate of drug-likeness (QED) is 0.363. The Morgan fingerprint density at radius 1 is 1.12 bits per heavy atom. The Morgan fingerprint density at radius 2 is 1.84 bits per heavy atom. The molecule has 3 N–H and O–H groups in total. The zero-order chi connectivity index (χ0) is 23.3. The van der Waals surface area contributed by atoms with E-state index in [2.05, 4.69) is 26.0 Å². The second-order valence-electron chi connectivity index (χ2n) is 6.74. The number of anilines is 1. The van der Waals surface area contributed by atoms with Crippen LogP contribution in [0.4, 0.5) is 5.69 Å². The Balaban J connectivity index is 1.83. The molecule has 0 aliphatic heterocycles. The molecular formula is C22H20BrClN2O5S. The van der Waals surface area contributed by atoms with Gasteiger partial charge in [0.15, 0.2) is 5.75 Å². The van der Waals surface area contributed by atoms with Crippen LogP contribution >= 0.6 is 27.5 Å². The number of halogens is 2. The van der Waals surface area contributed by atoms with Gasteiger partial charge < -0.3 is 15.2 Å². The number of carbonyl (C=O) groups is 1. The number of ether oxygens (including phenoxy) is 1. The summed E-state index contributed by atoms with van der Waals surface area (Å²) in [6.45, 7) is 0.325. The molecular weight excluding hydrogens is 520 g/mol. The van der Waals surface area contributed by atoms with Crippen molar-refractivity contribution in [2.75, 3.05) is 18.4 Å². The molecule has 0 heterocycles. The van der Waals surface area contributed by atoms with E-state index >= 15 is 0 Å². The summed E-state index contributed by atoms with van der Waals surface area (Å²) in [5.41, 5.74) is 0.664. The normalized spacial score (nSPS) is 11.1. The number of sulfonamides is 1. The fraction of sp³-hybridized carbons (Fsp3) is 0.136. The van der Waals surface area contributed by atoms with Gasteiger partial charge in [-0.15, -0.1) is 0 Å². The first kappa shape index (κ1) is 23.9. The lowest BCUT2D eigenvalue weighted by molar-refractivity contribution is 0.0951. The van der Waals surface area contributed by atoms with E-state index in [9.17, 15) is 18.3 Å². The number of nitrogens with one attached hydrogen (secondary N) is 2. The van der Waals surface area contributed by atoms with Crippen molar-refractivity contribution in [3.8, 4) is 11.5 Å². The van der Waals surface area contributed by atoms with E-state index in [1.54, 1.807) is 6.07 Å². The number of carbonyl (C=O) groups excluding carboxylic acids is 1. The van der Waals surface area contributed by atoms with E-state index < -0.39 is 21.7 Å². The molecule has 32 heavy (non-hydrogen) atoms. The van der Waals surface area contributed by atoms with Crippen LogP contribution in [0, 0.1) is 0 Å². The van der Waals surface area contributed by atoms with Gasteiger partial charge in [0.1, 0.15) is 10.6 Å². The lowest BCUT2D eigenvalue weighted by atomic mass is 10.1. The highest BCUT2D eigenvalue weighted by Gasteiger charge is 2.24. The number of phenolic OH excluding ortho intramolecular Hbond substituents is 1. The largest absolute Gasteiger partial charge is 0.505 e. The molecule has 0 saturated carbocycles. The third-order valence-electron chi connectivity index (χ3n) is 4.52. The first-order valence-corrected chi connectivity index (χ1v) is 12.1. The number of amides is 1. The van der Waals surface area contributed by atoms with Crippen LogP contribution in [0.2, 0.25) is 5.02 Å². The number of hydrogen-bond donors (Lipinski definition) is 3. The van der Waals surface area contributed by atoms with Gasteiger partial charge in [0.2, 0.25) is 0 Å². The summed E-state index contributed by atoms with van der Waals surface area (Å²) in [6.07, 6.45) is 0.593. The minimum absolute atomic E-state index is 0.0786. The van der Waals surface area contributed by atoms with Crippen molar-refractivity contribution in [1.82, 2.24) is 5.32 Å². The fourth-order valence-corrected chi connectivity index (χ4v) is 4.95. The van der Waals surface area contributed by atoms with Crippen molar-refractivity contribution in [3.05, 3.63) is 81.3 Å². The summed E-state index contributed by atoms with van der Waals surface area (Å²) in [5, 5.41) is 13.4. The van der Waals surface area contributed by atoms with E-state index in [1.807, 2.05) is 30.3 Å². The lowest BCUT2D eigenvalue weighted by Gasteiger charge is -2.15. The molecule has 3 aromatic rings. The molecule has 0 bridgehead atoms. The number of benzene rings is 3. The van der Waals surface area contributed by atoms with Crippen LogP contribution in [-0.2, 0) is 16.4 Å². The Kier molecular flexibility index (Phi) is 7.65. The second-order valence-corrected chi connectivity index (χ2v) is 9.74. The molecule has 10 heteroatoms. The van der Waals surface area contributed by atoms with E-state index in [4.69, 9.17) is 16.3 Å². The molecule has 3 rings (SSSR count). The molecule has 7 nitrogen and oxygen atoms in total. The zero-order valence-corrected chi connectivity index (χ0v) is 20.1. The van der Waals surface area contributed by atoms with Gasteiger partial charge in [-0.05, 0) is 42.3 Å². The summed E-state index contributed by atoms with van der Waals surface area (Å²) in [4.78, 5) is 12.5. The van der Waals surface area contributed by atoms with Crippen molar-refractivity contribution >= 4 is 49.1 Å². The summed E-state index contributed by atoms with van der Waals surface area (Å²) in [7, 11) is -2.82. The maximum Gasteiger partial charge on any atom is 0.265 e.